The van der Waals surface area contributed by atoms with E-state index in [9.17, 15) is 0 Å². The lowest BCUT2D eigenvalue weighted by molar-refractivity contribution is 0.511. The van der Waals surface area contributed by atoms with E-state index in [2.05, 4.69) is 32.1 Å². The van der Waals surface area contributed by atoms with Gasteiger partial charge in [0.05, 0.1) is 17.4 Å². The number of hydrogen-bond donors (Lipinski definition) is 2. The highest BCUT2D eigenvalue weighted by Gasteiger charge is 2.17. The Kier molecular flexibility index (Phi) is 4.81. The van der Waals surface area contributed by atoms with E-state index in [1.165, 1.54) is 0 Å². The van der Waals surface area contributed by atoms with Gasteiger partial charge in [0.25, 0.3) is 0 Å². The molecule has 0 saturated heterocycles. The number of nitrogens with one attached hydrogen (secondary N) is 1. The Morgan fingerprint density at radius 1 is 1.35 bits per heavy atom. The van der Waals surface area contributed by atoms with Gasteiger partial charge in [-0.05, 0) is 31.9 Å². The molecule has 3 N–H and O–H groups in total. The van der Waals surface area contributed by atoms with Crippen LogP contribution in [0.4, 0.5) is 0 Å². The molecule has 0 aliphatic rings. The summed E-state index contributed by atoms with van der Waals surface area (Å²) in [6.45, 7) is 7.01. The van der Waals surface area contributed by atoms with Crippen LogP contribution in [0.1, 0.15) is 42.2 Å². The van der Waals surface area contributed by atoms with Gasteiger partial charge in [-0.2, -0.15) is 10.2 Å². The highest BCUT2D eigenvalue weighted by Crippen LogP contribution is 2.19. The molecule has 0 aliphatic heterocycles. The maximum Gasteiger partial charge on any atom is 0.110 e. The van der Waals surface area contributed by atoms with Crippen LogP contribution in [0.15, 0.2) is 18.5 Å². The summed E-state index contributed by atoms with van der Waals surface area (Å²) in [4.78, 5) is 4.43. The first kappa shape index (κ1) is 14.6. The first-order valence-electron chi connectivity index (χ1n) is 6.92. The summed E-state index contributed by atoms with van der Waals surface area (Å²) in [7, 11) is 0. The Labute approximate surface area is 119 Å². The molecule has 0 saturated carbocycles. The predicted octanol–water partition coefficient (Wildman–Crippen LogP) is 1.45. The maximum absolute atomic E-state index is 5.73. The SMILES string of the molecule is CCCn1ccnc1CC(NN)c1cc(C)nnc1C. The molecule has 1 atom stereocenters. The minimum absolute atomic E-state index is 0.0118. The maximum atomic E-state index is 5.73. The Morgan fingerprint density at radius 3 is 2.85 bits per heavy atom. The second kappa shape index (κ2) is 6.58. The number of rotatable bonds is 6. The standard InChI is InChI=1S/C14H22N6/c1-4-6-20-7-5-16-14(20)9-13(17-15)12-8-10(2)18-19-11(12)3/h5,7-8,13,17H,4,6,9,15H2,1-3H3. The van der Waals surface area contributed by atoms with Crippen LogP contribution in [0, 0.1) is 13.8 Å². The van der Waals surface area contributed by atoms with Crippen molar-refractivity contribution in [2.75, 3.05) is 0 Å². The van der Waals surface area contributed by atoms with Crippen LogP contribution in [-0.4, -0.2) is 19.7 Å². The molecule has 20 heavy (non-hydrogen) atoms. The molecule has 0 amide bonds. The van der Waals surface area contributed by atoms with E-state index >= 15 is 0 Å². The summed E-state index contributed by atoms with van der Waals surface area (Å²) in [6.07, 6.45) is 5.66. The molecule has 0 aromatic carbocycles. The third-order valence-corrected chi connectivity index (χ3v) is 3.37. The fourth-order valence-electron chi connectivity index (χ4n) is 2.34. The van der Waals surface area contributed by atoms with Gasteiger partial charge in [-0.1, -0.05) is 6.92 Å². The number of hydrazine groups is 1. The normalized spacial score (nSPS) is 12.6. The van der Waals surface area contributed by atoms with Crippen LogP contribution < -0.4 is 11.3 Å². The van der Waals surface area contributed by atoms with E-state index < -0.39 is 0 Å². The third-order valence-electron chi connectivity index (χ3n) is 3.37. The van der Waals surface area contributed by atoms with Crippen molar-refractivity contribution >= 4 is 0 Å². The molecule has 0 aliphatic carbocycles. The molecule has 0 radical (unpaired) electrons. The molecule has 6 nitrogen and oxygen atoms in total. The molecule has 2 rings (SSSR count). The van der Waals surface area contributed by atoms with Crippen LogP contribution in [0.3, 0.4) is 0 Å². The second-order valence-electron chi connectivity index (χ2n) is 4.99. The Morgan fingerprint density at radius 2 is 2.15 bits per heavy atom. The summed E-state index contributed by atoms with van der Waals surface area (Å²) in [5.74, 6) is 6.76. The summed E-state index contributed by atoms with van der Waals surface area (Å²) in [6, 6.07) is 2.02. The van der Waals surface area contributed by atoms with Gasteiger partial charge >= 0.3 is 0 Å². The molecule has 6 heteroatoms. The Hall–Kier alpha value is -1.79. The van der Waals surface area contributed by atoms with Crippen molar-refractivity contribution in [3.63, 3.8) is 0 Å². The minimum Gasteiger partial charge on any atom is -0.335 e. The number of aromatic nitrogens is 4. The minimum atomic E-state index is -0.0118. The van der Waals surface area contributed by atoms with Gasteiger partial charge in [-0.25, -0.2) is 4.98 Å². The smallest absolute Gasteiger partial charge is 0.110 e. The number of aryl methyl sites for hydroxylation is 3. The monoisotopic (exact) mass is 274 g/mol. The molecule has 0 spiro atoms. The highest BCUT2D eigenvalue weighted by molar-refractivity contribution is 5.24. The van der Waals surface area contributed by atoms with Crippen molar-refractivity contribution < 1.29 is 0 Å². The second-order valence-corrected chi connectivity index (χ2v) is 4.99. The van der Waals surface area contributed by atoms with Gasteiger partial charge < -0.3 is 4.57 Å². The van der Waals surface area contributed by atoms with Crippen molar-refractivity contribution in [1.29, 1.82) is 0 Å². The molecule has 108 valence electrons. The summed E-state index contributed by atoms with van der Waals surface area (Å²) in [5.41, 5.74) is 5.73. The molecule has 2 heterocycles. The zero-order valence-electron chi connectivity index (χ0n) is 12.3. The van der Waals surface area contributed by atoms with E-state index in [4.69, 9.17) is 5.84 Å². The fourth-order valence-corrected chi connectivity index (χ4v) is 2.34. The number of nitrogens with zero attached hydrogens (tertiary/aromatic N) is 4. The predicted molar refractivity (Wildman–Crippen MR) is 77.8 cm³/mol. The number of nitrogens with two attached hydrogens (primary N) is 1. The van der Waals surface area contributed by atoms with E-state index in [0.717, 1.165) is 42.2 Å². The van der Waals surface area contributed by atoms with Gasteiger partial charge in [-0.15, -0.1) is 0 Å². The molecular formula is C14H22N6. The molecule has 0 fully saturated rings. The van der Waals surface area contributed by atoms with Crippen molar-refractivity contribution in [2.24, 2.45) is 5.84 Å². The molecular weight excluding hydrogens is 252 g/mol. The van der Waals surface area contributed by atoms with E-state index in [0.29, 0.717) is 0 Å². The van der Waals surface area contributed by atoms with Gasteiger partial charge in [0.2, 0.25) is 0 Å². The summed E-state index contributed by atoms with van der Waals surface area (Å²) >= 11 is 0. The zero-order chi connectivity index (χ0) is 14.5. The topological polar surface area (TPSA) is 81.7 Å². The molecule has 0 bridgehead atoms. The van der Waals surface area contributed by atoms with Crippen LogP contribution in [0.2, 0.25) is 0 Å². The van der Waals surface area contributed by atoms with E-state index in [-0.39, 0.29) is 6.04 Å². The molecule has 1 unspecified atom stereocenters. The van der Waals surface area contributed by atoms with Crippen molar-refractivity contribution in [1.82, 2.24) is 25.2 Å². The third kappa shape index (κ3) is 3.20. The van der Waals surface area contributed by atoms with E-state index in [1.807, 2.05) is 32.3 Å². The first-order valence-corrected chi connectivity index (χ1v) is 6.92. The first-order chi connectivity index (χ1) is 9.65. The summed E-state index contributed by atoms with van der Waals surface area (Å²) in [5, 5.41) is 8.22. The zero-order valence-corrected chi connectivity index (χ0v) is 12.3. The van der Waals surface area contributed by atoms with Crippen molar-refractivity contribution in [2.45, 2.75) is 46.2 Å². The van der Waals surface area contributed by atoms with Crippen molar-refractivity contribution in [3.05, 3.63) is 41.2 Å². The van der Waals surface area contributed by atoms with Crippen LogP contribution in [0.25, 0.3) is 0 Å². The number of hydrogen-bond acceptors (Lipinski definition) is 5. The van der Waals surface area contributed by atoms with E-state index in [1.54, 1.807) is 0 Å². The van der Waals surface area contributed by atoms with Crippen molar-refractivity contribution in [3.8, 4) is 0 Å². The Bertz CT molecular complexity index is 563. The van der Waals surface area contributed by atoms with Crippen LogP contribution in [0.5, 0.6) is 0 Å². The van der Waals surface area contributed by atoms with Crippen LogP contribution in [-0.2, 0) is 13.0 Å². The fraction of sp³-hybridized carbons (Fsp3) is 0.500. The largest absolute Gasteiger partial charge is 0.335 e. The summed E-state index contributed by atoms with van der Waals surface area (Å²) < 4.78 is 2.17. The quantitative estimate of drug-likeness (QED) is 0.615. The number of imidazole rings is 1. The molecule has 2 aromatic rings. The van der Waals surface area contributed by atoms with Gasteiger partial charge in [0, 0.05) is 25.4 Å². The lowest BCUT2D eigenvalue weighted by Crippen LogP contribution is -2.31. The van der Waals surface area contributed by atoms with Gasteiger partial charge in [0.1, 0.15) is 5.82 Å². The molecule has 2 aromatic heterocycles. The van der Waals surface area contributed by atoms with Crippen LogP contribution >= 0.6 is 0 Å². The Balaban J connectivity index is 2.24. The average Bonchev–Trinajstić information content (AvgIpc) is 2.87. The van der Waals surface area contributed by atoms with Gasteiger partial charge in [-0.3, -0.25) is 11.3 Å². The highest BCUT2D eigenvalue weighted by atomic mass is 15.2. The van der Waals surface area contributed by atoms with Gasteiger partial charge in [0.15, 0.2) is 0 Å². The lowest BCUT2D eigenvalue weighted by Gasteiger charge is -2.18. The lowest BCUT2D eigenvalue weighted by atomic mass is 10.0. The average molecular weight is 274 g/mol.